The summed E-state index contributed by atoms with van der Waals surface area (Å²) in [5.74, 6) is 0.983. The Balaban J connectivity index is 2.36. The minimum Gasteiger partial charge on any atom is -0.353 e. The van der Waals surface area contributed by atoms with Gasteiger partial charge in [0.05, 0.1) is 0 Å². The molecule has 1 fully saturated rings. The predicted molar refractivity (Wildman–Crippen MR) is 70.6 cm³/mol. The largest absolute Gasteiger partial charge is 0.353 e. The predicted octanol–water partition coefficient (Wildman–Crippen LogP) is 0.816. The van der Waals surface area contributed by atoms with E-state index >= 15 is 0 Å². The molecule has 100 valence electrons. The van der Waals surface area contributed by atoms with Gasteiger partial charge < -0.3 is 16.0 Å². The molecule has 0 saturated carbocycles. The van der Waals surface area contributed by atoms with Crippen LogP contribution < -0.4 is 11.1 Å². The van der Waals surface area contributed by atoms with E-state index in [1.165, 1.54) is 0 Å². The Morgan fingerprint density at radius 3 is 2.71 bits per heavy atom. The van der Waals surface area contributed by atoms with Crippen LogP contribution in [0, 0.1) is 11.8 Å². The fraction of sp³-hybridized carbons (Fsp3) is 0.923. The number of rotatable bonds is 4. The second-order valence-corrected chi connectivity index (χ2v) is 5.81. The fourth-order valence-electron chi connectivity index (χ4n) is 2.28. The lowest BCUT2D eigenvalue weighted by molar-refractivity contribution is -0.123. The van der Waals surface area contributed by atoms with Crippen molar-refractivity contribution in [2.75, 3.05) is 20.1 Å². The van der Waals surface area contributed by atoms with Crippen LogP contribution in [0.5, 0.6) is 0 Å². The van der Waals surface area contributed by atoms with E-state index in [1.54, 1.807) is 0 Å². The van der Waals surface area contributed by atoms with E-state index in [1.807, 2.05) is 0 Å². The van der Waals surface area contributed by atoms with Crippen molar-refractivity contribution in [3.8, 4) is 0 Å². The third-order valence-corrected chi connectivity index (χ3v) is 3.73. The summed E-state index contributed by atoms with van der Waals surface area (Å²) >= 11 is 0. The van der Waals surface area contributed by atoms with Crippen LogP contribution in [0.3, 0.4) is 0 Å². The molecule has 1 saturated heterocycles. The lowest BCUT2D eigenvalue weighted by Crippen LogP contribution is -2.49. The van der Waals surface area contributed by atoms with Crippen LogP contribution in [0.15, 0.2) is 0 Å². The van der Waals surface area contributed by atoms with Crippen molar-refractivity contribution in [2.45, 2.75) is 45.7 Å². The molecule has 3 atom stereocenters. The molecule has 3 unspecified atom stereocenters. The number of carbonyl (C=O) groups excluding carboxylic acids is 1. The van der Waals surface area contributed by atoms with Gasteiger partial charge >= 0.3 is 0 Å². The van der Waals surface area contributed by atoms with Gasteiger partial charge in [-0.1, -0.05) is 20.8 Å². The highest BCUT2D eigenvalue weighted by Crippen LogP contribution is 2.15. The molecule has 1 aliphatic heterocycles. The maximum atomic E-state index is 11.8. The molecule has 4 heteroatoms. The van der Waals surface area contributed by atoms with Gasteiger partial charge in [0, 0.05) is 25.0 Å². The molecule has 3 N–H and O–H groups in total. The van der Waals surface area contributed by atoms with Gasteiger partial charge in [-0.25, -0.2) is 0 Å². The molecule has 0 aliphatic carbocycles. The van der Waals surface area contributed by atoms with E-state index in [9.17, 15) is 4.79 Å². The monoisotopic (exact) mass is 241 g/mol. The summed E-state index contributed by atoms with van der Waals surface area (Å²) in [5.41, 5.74) is 5.91. The van der Waals surface area contributed by atoms with Gasteiger partial charge in [-0.05, 0) is 31.8 Å². The van der Waals surface area contributed by atoms with Crippen LogP contribution in [-0.2, 0) is 4.79 Å². The zero-order valence-electron chi connectivity index (χ0n) is 11.6. The number of piperidine rings is 1. The normalized spacial score (nSPS) is 28.1. The molecule has 0 aromatic carbocycles. The van der Waals surface area contributed by atoms with Crippen molar-refractivity contribution >= 4 is 5.91 Å². The van der Waals surface area contributed by atoms with Crippen molar-refractivity contribution in [3.05, 3.63) is 0 Å². The van der Waals surface area contributed by atoms with Crippen LogP contribution >= 0.6 is 0 Å². The lowest BCUT2D eigenvalue weighted by Gasteiger charge is -2.35. The van der Waals surface area contributed by atoms with Gasteiger partial charge in [0.15, 0.2) is 0 Å². The van der Waals surface area contributed by atoms with Gasteiger partial charge in [0.1, 0.15) is 0 Å². The van der Waals surface area contributed by atoms with Crippen molar-refractivity contribution in [1.29, 1.82) is 0 Å². The quantitative estimate of drug-likeness (QED) is 0.766. The summed E-state index contributed by atoms with van der Waals surface area (Å²) in [4.78, 5) is 14.2. The number of likely N-dealkylation sites (tertiary alicyclic amines) is 1. The SMILES string of the molecule is CC(C)C(N)CC(=O)NC1CCN(C)CC1C. The molecule has 1 aliphatic rings. The van der Waals surface area contributed by atoms with Gasteiger partial charge in [0.25, 0.3) is 0 Å². The number of nitrogens with one attached hydrogen (secondary N) is 1. The minimum atomic E-state index is -0.0310. The Morgan fingerprint density at radius 1 is 1.53 bits per heavy atom. The number of nitrogens with two attached hydrogens (primary N) is 1. The Morgan fingerprint density at radius 2 is 2.18 bits per heavy atom. The maximum absolute atomic E-state index is 11.8. The number of nitrogens with zero attached hydrogens (tertiary/aromatic N) is 1. The van der Waals surface area contributed by atoms with Crippen molar-refractivity contribution in [1.82, 2.24) is 10.2 Å². The average Bonchev–Trinajstić information content (AvgIpc) is 2.22. The molecule has 1 amide bonds. The standard InChI is InChI=1S/C13H27N3O/c1-9(2)11(14)7-13(17)15-12-5-6-16(4)8-10(12)3/h9-12H,5-8,14H2,1-4H3,(H,15,17). The molecule has 1 rings (SSSR count). The van der Waals surface area contributed by atoms with Crippen molar-refractivity contribution < 1.29 is 4.79 Å². The highest BCUT2D eigenvalue weighted by Gasteiger charge is 2.26. The molecule has 0 bridgehead atoms. The van der Waals surface area contributed by atoms with Gasteiger partial charge in [-0.3, -0.25) is 4.79 Å². The van der Waals surface area contributed by atoms with E-state index in [0.717, 1.165) is 19.5 Å². The molecule has 0 aromatic rings. The number of carbonyl (C=O) groups is 1. The average molecular weight is 241 g/mol. The molecule has 1 heterocycles. The Bertz CT molecular complexity index is 255. The first-order valence-corrected chi connectivity index (χ1v) is 6.63. The summed E-state index contributed by atoms with van der Waals surface area (Å²) in [6.45, 7) is 8.42. The van der Waals surface area contributed by atoms with E-state index in [-0.39, 0.29) is 11.9 Å². The number of amides is 1. The summed E-state index contributed by atoms with van der Waals surface area (Å²) < 4.78 is 0. The van der Waals surface area contributed by atoms with Crippen molar-refractivity contribution in [2.24, 2.45) is 17.6 Å². The first kappa shape index (κ1) is 14.5. The van der Waals surface area contributed by atoms with Crippen molar-refractivity contribution in [3.63, 3.8) is 0 Å². The molecule has 0 radical (unpaired) electrons. The Labute approximate surface area is 105 Å². The van der Waals surface area contributed by atoms with E-state index in [2.05, 4.69) is 38.0 Å². The summed E-state index contributed by atoms with van der Waals surface area (Å²) in [5, 5.41) is 3.13. The van der Waals surface area contributed by atoms with E-state index in [0.29, 0.717) is 24.3 Å². The third kappa shape index (κ3) is 4.64. The molecule has 17 heavy (non-hydrogen) atoms. The second kappa shape index (κ2) is 6.36. The van der Waals surface area contributed by atoms with Crippen LogP contribution in [0.25, 0.3) is 0 Å². The van der Waals surface area contributed by atoms with Gasteiger partial charge in [-0.2, -0.15) is 0 Å². The van der Waals surface area contributed by atoms with Crippen LogP contribution in [0.4, 0.5) is 0 Å². The van der Waals surface area contributed by atoms with Crippen LogP contribution in [0.2, 0.25) is 0 Å². The summed E-state index contributed by atoms with van der Waals surface area (Å²) in [7, 11) is 2.13. The topological polar surface area (TPSA) is 58.4 Å². The second-order valence-electron chi connectivity index (χ2n) is 5.81. The third-order valence-electron chi connectivity index (χ3n) is 3.73. The molecule has 0 aromatic heterocycles. The molecule has 0 spiro atoms. The molecule has 4 nitrogen and oxygen atoms in total. The first-order valence-electron chi connectivity index (χ1n) is 6.63. The maximum Gasteiger partial charge on any atom is 0.221 e. The summed E-state index contributed by atoms with van der Waals surface area (Å²) in [6, 6.07) is 0.287. The minimum absolute atomic E-state index is 0.0310. The van der Waals surface area contributed by atoms with E-state index < -0.39 is 0 Å². The molecular formula is C13H27N3O. The Kier molecular flexibility index (Phi) is 5.40. The fourth-order valence-corrected chi connectivity index (χ4v) is 2.28. The highest BCUT2D eigenvalue weighted by atomic mass is 16.1. The van der Waals surface area contributed by atoms with Crippen LogP contribution in [-0.4, -0.2) is 43.0 Å². The Hall–Kier alpha value is -0.610. The van der Waals surface area contributed by atoms with Gasteiger partial charge in [0.2, 0.25) is 5.91 Å². The number of hydrogen-bond donors (Lipinski definition) is 2. The number of hydrogen-bond acceptors (Lipinski definition) is 3. The first-order chi connectivity index (χ1) is 7.90. The zero-order chi connectivity index (χ0) is 13.0. The molecular weight excluding hydrogens is 214 g/mol. The van der Waals surface area contributed by atoms with Crippen LogP contribution in [0.1, 0.15) is 33.6 Å². The smallest absolute Gasteiger partial charge is 0.221 e. The lowest BCUT2D eigenvalue weighted by atomic mass is 9.93. The van der Waals surface area contributed by atoms with Gasteiger partial charge in [-0.15, -0.1) is 0 Å². The zero-order valence-corrected chi connectivity index (χ0v) is 11.6. The summed E-state index contributed by atoms with van der Waals surface area (Å²) in [6.07, 6.45) is 1.48. The van der Waals surface area contributed by atoms with E-state index in [4.69, 9.17) is 5.73 Å². The highest BCUT2D eigenvalue weighted by molar-refractivity contribution is 5.76.